The Morgan fingerprint density at radius 3 is 2.54 bits per heavy atom. The maximum absolute atomic E-state index is 12.5. The SMILES string of the molecule is O=C(CN1CCC[C@H](O)C1)N1CCC(CCc2ccccc2)CC1. The second-order valence-electron chi connectivity index (χ2n) is 7.38. The minimum Gasteiger partial charge on any atom is -0.392 e. The fraction of sp³-hybridized carbons (Fsp3) is 0.650. The van der Waals surface area contributed by atoms with Gasteiger partial charge in [-0.25, -0.2) is 0 Å². The van der Waals surface area contributed by atoms with Crippen LogP contribution in [-0.2, 0) is 11.2 Å². The second kappa shape index (κ2) is 8.63. The largest absolute Gasteiger partial charge is 0.392 e. The minimum absolute atomic E-state index is 0.241. The van der Waals surface area contributed by atoms with E-state index in [9.17, 15) is 9.90 Å². The zero-order valence-corrected chi connectivity index (χ0v) is 14.6. The van der Waals surface area contributed by atoms with Crippen LogP contribution in [0.4, 0.5) is 0 Å². The van der Waals surface area contributed by atoms with Gasteiger partial charge in [-0.3, -0.25) is 9.69 Å². The molecule has 0 radical (unpaired) electrons. The summed E-state index contributed by atoms with van der Waals surface area (Å²) in [5, 5.41) is 9.72. The van der Waals surface area contributed by atoms with Crippen LogP contribution in [0.3, 0.4) is 0 Å². The van der Waals surface area contributed by atoms with E-state index in [4.69, 9.17) is 0 Å². The van der Waals surface area contributed by atoms with Gasteiger partial charge >= 0.3 is 0 Å². The number of aliphatic hydroxyl groups is 1. The van der Waals surface area contributed by atoms with Crippen LogP contribution in [0, 0.1) is 5.92 Å². The van der Waals surface area contributed by atoms with Crippen molar-refractivity contribution < 1.29 is 9.90 Å². The topological polar surface area (TPSA) is 43.8 Å². The maximum Gasteiger partial charge on any atom is 0.236 e. The molecule has 2 aliphatic rings. The number of rotatable bonds is 5. The Labute approximate surface area is 145 Å². The number of hydrogen-bond acceptors (Lipinski definition) is 3. The van der Waals surface area contributed by atoms with Crippen molar-refractivity contribution in [3.63, 3.8) is 0 Å². The van der Waals surface area contributed by atoms with E-state index < -0.39 is 0 Å². The average molecular weight is 330 g/mol. The number of likely N-dealkylation sites (tertiary alicyclic amines) is 2. The Bertz CT molecular complexity index is 512. The van der Waals surface area contributed by atoms with E-state index in [2.05, 4.69) is 35.2 Å². The lowest BCUT2D eigenvalue weighted by Gasteiger charge is -2.35. The third-order valence-corrected chi connectivity index (χ3v) is 5.49. The van der Waals surface area contributed by atoms with Gasteiger partial charge in [0, 0.05) is 19.6 Å². The molecular formula is C20H30N2O2. The smallest absolute Gasteiger partial charge is 0.236 e. The fourth-order valence-corrected chi connectivity index (χ4v) is 3.95. The lowest BCUT2D eigenvalue weighted by atomic mass is 9.90. The van der Waals surface area contributed by atoms with Crippen LogP contribution in [0.25, 0.3) is 0 Å². The highest BCUT2D eigenvalue weighted by Crippen LogP contribution is 2.23. The van der Waals surface area contributed by atoms with Gasteiger partial charge in [-0.1, -0.05) is 30.3 Å². The van der Waals surface area contributed by atoms with Gasteiger partial charge in [0.2, 0.25) is 5.91 Å². The molecule has 0 spiro atoms. The summed E-state index contributed by atoms with van der Waals surface area (Å²) in [7, 11) is 0. The van der Waals surface area contributed by atoms with Crippen LogP contribution in [-0.4, -0.2) is 59.6 Å². The number of aliphatic hydroxyl groups excluding tert-OH is 1. The highest BCUT2D eigenvalue weighted by atomic mass is 16.3. The molecule has 1 aromatic carbocycles. The van der Waals surface area contributed by atoms with Crippen molar-refractivity contribution >= 4 is 5.91 Å². The van der Waals surface area contributed by atoms with Crippen molar-refractivity contribution in [2.45, 2.75) is 44.6 Å². The number of hydrogen-bond donors (Lipinski definition) is 1. The summed E-state index contributed by atoms with van der Waals surface area (Å²) in [5.74, 6) is 0.983. The number of piperidine rings is 2. The molecule has 132 valence electrons. The molecule has 2 heterocycles. The highest BCUT2D eigenvalue weighted by Gasteiger charge is 2.25. The van der Waals surface area contributed by atoms with E-state index in [1.165, 1.54) is 12.0 Å². The van der Waals surface area contributed by atoms with Crippen LogP contribution < -0.4 is 0 Å². The van der Waals surface area contributed by atoms with Crippen molar-refractivity contribution in [2.75, 3.05) is 32.7 Å². The van der Waals surface area contributed by atoms with Crippen LogP contribution in [0.5, 0.6) is 0 Å². The normalized spacial score (nSPS) is 23.4. The predicted octanol–water partition coefficient (Wildman–Crippen LogP) is 2.31. The second-order valence-corrected chi connectivity index (χ2v) is 7.38. The van der Waals surface area contributed by atoms with E-state index >= 15 is 0 Å². The Hall–Kier alpha value is -1.39. The molecule has 2 fully saturated rings. The molecule has 3 rings (SSSR count). The number of amides is 1. The van der Waals surface area contributed by atoms with E-state index in [0.29, 0.717) is 13.1 Å². The zero-order valence-electron chi connectivity index (χ0n) is 14.6. The fourth-order valence-electron chi connectivity index (χ4n) is 3.95. The molecule has 0 saturated carbocycles. The van der Waals surface area contributed by atoms with Crippen molar-refractivity contribution in [3.8, 4) is 0 Å². The summed E-state index contributed by atoms with van der Waals surface area (Å²) in [5.41, 5.74) is 1.42. The molecule has 0 aliphatic carbocycles. The van der Waals surface area contributed by atoms with Gasteiger partial charge in [0.1, 0.15) is 0 Å². The Kier molecular flexibility index (Phi) is 6.27. The van der Waals surface area contributed by atoms with E-state index in [-0.39, 0.29) is 12.0 Å². The molecule has 24 heavy (non-hydrogen) atoms. The summed E-state index contributed by atoms with van der Waals surface area (Å²) in [6, 6.07) is 10.7. The molecule has 0 aromatic heterocycles. The quantitative estimate of drug-likeness (QED) is 0.901. The van der Waals surface area contributed by atoms with E-state index in [0.717, 1.165) is 57.7 Å². The van der Waals surface area contributed by atoms with Gasteiger partial charge in [-0.05, 0) is 56.6 Å². The van der Waals surface area contributed by atoms with Crippen molar-refractivity contribution in [3.05, 3.63) is 35.9 Å². The standard InChI is InChI=1S/C20H30N2O2/c23-19-7-4-12-21(15-19)16-20(24)22-13-10-18(11-14-22)9-8-17-5-2-1-3-6-17/h1-3,5-6,18-19,23H,4,7-16H2/t19-/m0/s1. The monoisotopic (exact) mass is 330 g/mol. The third-order valence-electron chi connectivity index (χ3n) is 5.49. The molecule has 1 atom stereocenters. The Morgan fingerprint density at radius 1 is 1.08 bits per heavy atom. The number of nitrogens with zero attached hydrogens (tertiary/aromatic N) is 2. The third kappa shape index (κ3) is 5.05. The molecule has 4 heteroatoms. The van der Waals surface area contributed by atoms with Crippen LogP contribution in [0.15, 0.2) is 30.3 Å². The molecule has 1 N–H and O–H groups in total. The summed E-state index contributed by atoms with van der Waals surface area (Å²) in [6.45, 7) is 3.87. The number of benzene rings is 1. The van der Waals surface area contributed by atoms with Crippen LogP contribution in [0.2, 0.25) is 0 Å². The van der Waals surface area contributed by atoms with E-state index in [1.54, 1.807) is 0 Å². The molecule has 1 aromatic rings. The van der Waals surface area contributed by atoms with Gasteiger partial charge < -0.3 is 10.0 Å². The number of β-amino-alcohol motifs (C(OH)–C–C–N with tert-alkyl or cyclic N) is 1. The van der Waals surface area contributed by atoms with Gasteiger partial charge in [0.15, 0.2) is 0 Å². The van der Waals surface area contributed by atoms with E-state index in [1.807, 2.05) is 4.90 Å². The Morgan fingerprint density at radius 2 is 1.83 bits per heavy atom. The van der Waals surface area contributed by atoms with Crippen molar-refractivity contribution in [1.29, 1.82) is 0 Å². The zero-order chi connectivity index (χ0) is 16.8. The average Bonchev–Trinajstić information content (AvgIpc) is 2.61. The lowest BCUT2D eigenvalue weighted by Crippen LogP contribution is -2.47. The van der Waals surface area contributed by atoms with Crippen LogP contribution >= 0.6 is 0 Å². The molecule has 1 amide bonds. The molecule has 0 unspecified atom stereocenters. The van der Waals surface area contributed by atoms with Gasteiger partial charge in [-0.15, -0.1) is 0 Å². The summed E-state index contributed by atoms with van der Waals surface area (Å²) < 4.78 is 0. The van der Waals surface area contributed by atoms with Crippen molar-refractivity contribution in [1.82, 2.24) is 9.80 Å². The highest BCUT2D eigenvalue weighted by molar-refractivity contribution is 5.78. The number of aryl methyl sites for hydroxylation is 1. The summed E-state index contributed by atoms with van der Waals surface area (Å²) in [4.78, 5) is 16.6. The maximum atomic E-state index is 12.5. The first-order valence-corrected chi connectivity index (χ1v) is 9.43. The van der Waals surface area contributed by atoms with Crippen molar-refractivity contribution in [2.24, 2.45) is 5.92 Å². The number of carbonyl (C=O) groups excluding carboxylic acids is 1. The number of carbonyl (C=O) groups is 1. The minimum atomic E-state index is -0.254. The molecule has 2 aliphatic heterocycles. The Balaban J connectivity index is 1.37. The first-order chi connectivity index (χ1) is 11.7. The molecule has 2 saturated heterocycles. The molecule has 0 bridgehead atoms. The first kappa shape index (κ1) is 17.4. The first-order valence-electron chi connectivity index (χ1n) is 9.43. The summed E-state index contributed by atoms with van der Waals surface area (Å²) in [6.07, 6.45) is 6.24. The van der Waals surface area contributed by atoms with Crippen LogP contribution in [0.1, 0.15) is 37.7 Å². The summed E-state index contributed by atoms with van der Waals surface area (Å²) >= 11 is 0. The lowest BCUT2D eigenvalue weighted by molar-refractivity contribution is -0.134. The van der Waals surface area contributed by atoms with Gasteiger partial charge in [0.05, 0.1) is 12.6 Å². The van der Waals surface area contributed by atoms with Gasteiger partial charge in [0.25, 0.3) is 0 Å². The molecule has 4 nitrogen and oxygen atoms in total. The predicted molar refractivity (Wildman–Crippen MR) is 95.7 cm³/mol. The van der Waals surface area contributed by atoms with Gasteiger partial charge in [-0.2, -0.15) is 0 Å². The molecular weight excluding hydrogens is 300 g/mol.